The number of halogens is 4. The number of H-pyrrole nitrogens is 1. The molecular formula is C18H12ClF3N4O3. The molecule has 1 heterocycles. The number of aromatic nitrogens is 3. The van der Waals surface area contributed by atoms with E-state index >= 15 is 0 Å². The van der Waals surface area contributed by atoms with Crippen molar-refractivity contribution in [2.45, 2.75) is 13.0 Å². The zero-order valence-electron chi connectivity index (χ0n) is 14.7. The average molecular weight is 425 g/mol. The molecule has 0 aliphatic heterocycles. The number of benzene rings is 2. The van der Waals surface area contributed by atoms with Crippen molar-refractivity contribution < 1.29 is 22.6 Å². The van der Waals surface area contributed by atoms with E-state index in [0.717, 1.165) is 12.1 Å². The molecule has 11 heteroatoms. The third-order valence-corrected chi connectivity index (χ3v) is 4.16. The maximum Gasteiger partial charge on any atom is 0.343 e. The highest BCUT2D eigenvalue weighted by atomic mass is 35.5. The predicted octanol–water partition coefficient (Wildman–Crippen LogP) is 4.76. The number of hydrogen-bond acceptors (Lipinski definition) is 4. The number of hydrogen-bond donors (Lipinski definition) is 1. The molecular weight excluding hydrogens is 413 g/mol. The Balaban J connectivity index is 1.89. The summed E-state index contributed by atoms with van der Waals surface area (Å²) >= 11 is 5.98. The van der Waals surface area contributed by atoms with Crippen molar-refractivity contribution in [3.63, 3.8) is 0 Å². The first kappa shape index (κ1) is 20.3. The second-order valence-electron chi connectivity index (χ2n) is 5.76. The predicted molar refractivity (Wildman–Crippen MR) is 97.3 cm³/mol. The minimum absolute atomic E-state index is 0.0961. The maximum atomic E-state index is 14.8. The first-order chi connectivity index (χ1) is 13.8. The lowest BCUT2D eigenvalue weighted by Crippen LogP contribution is -2.15. The van der Waals surface area contributed by atoms with Crippen molar-refractivity contribution >= 4 is 17.3 Å². The van der Waals surface area contributed by atoms with Gasteiger partial charge in [0.25, 0.3) is 6.43 Å². The molecule has 2 aromatic carbocycles. The van der Waals surface area contributed by atoms with Gasteiger partial charge in [0.15, 0.2) is 23.0 Å². The van der Waals surface area contributed by atoms with Gasteiger partial charge in [-0.3, -0.25) is 4.57 Å². The molecule has 0 spiro atoms. The van der Waals surface area contributed by atoms with Gasteiger partial charge >= 0.3 is 5.69 Å². The lowest BCUT2D eigenvalue weighted by Gasteiger charge is -2.13. The summed E-state index contributed by atoms with van der Waals surface area (Å²) in [6.45, 7) is 6.78. The van der Waals surface area contributed by atoms with Crippen LogP contribution >= 0.6 is 11.6 Å². The molecule has 0 bridgehead atoms. The molecule has 1 aromatic heterocycles. The average Bonchev–Trinajstić information content (AvgIpc) is 3.02. The number of rotatable bonds is 6. The van der Waals surface area contributed by atoms with Crippen molar-refractivity contribution in [2.75, 3.05) is 0 Å². The second-order valence-corrected chi connectivity index (χ2v) is 6.16. The van der Waals surface area contributed by atoms with Crippen molar-refractivity contribution in [2.24, 2.45) is 7.05 Å². The van der Waals surface area contributed by atoms with Crippen LogP contribution in [0.3, 0.4) is 0 Å². The van der Waals surface area contributed by atoms with Crippen LogP contribution in [0.25, 0.3) is 4.85 Å². The van der Waals surface area contributed by atoms with Crippen molar-refractivity contribution in [3.8, 4) is 17.2 Å². The minimum Gasteiger partial charge on any atom is -0.482 e. The van der Waals surface area contributed by atoms with Gasteiger partial charge in [0, 0.05) is 12.6 Å². The van der Waals surface area contributed by atoms with Crippen LogP contribution in [0.15, 0.2) is 35.1 Å². The molecule has 7 nitrogen and oxygen atoms in total. The number of nitrogens with zero attached hydrogens (tertiary/aromatic N) is 3. The fourth-order valence-corrected chi connectivity index (χ4v) is 2.53. The van der Waals surface area contributed by atoms with Gasteiger partial charge in [-0.2, -0.15) is 9.49 Å². The van der Waals surface area contributed by atoms with Gasteiger partial charge in [0.1, 0.15) is 12.4 Å². The van der Waals surface area contributed by atoms with Gasteiger partial charge in [-0.1, -0.05) is 11.6 Å². The van der Waals surface area contributed by atoms with E-state index in [9.17, 15) is 18.0 Å². The van der Waals surface area contributed by atoms with Crippen LogP contribution < -0.4 is 15.2 Å². The summed E-state index contributed by atoms with van der Waals surface area (Å²) in [5.74, 6) is -1.65. The van der Waals surface area contributed by atoms with Crippen LogP contribution in [-0.2, 0) is 13.7 Å². The minimum atomic E-state index is -2.84. The van der Waals surface area contributed by atoms with Crippen molar-refractivity contribution in [1.82, 2.24) is 14.8 Å². The highest BCUT2D eigenvalue weighted by Gasteiger charge is 2.19. The Morgan fingerprint density at radius 3 is 2.72 bits per heavy atom. The van der Waals surface area contributed by atoms with Gasteiger partial charge in [-0.15, -0.1) is 0 Å². The van der Waals surface area contributed by atoms with Gasteiger partial charge in [0.2, 0.25) is 5.82 Å². The molecule has 0 unspecified atom stereocenters. The maximum absolute atomic E-state index is 14.8. The third-order valence-electron chi connectivity index (χ3n) is 3.86. The monoisotopic (exact) mass is 424 g/mol. The number of aromatic amines is 1. The molecule has 0 atom stereocenters. The fraction of sp³-hybridized carbons (Fsp3) is 0.167. The molecule has 0 aliphatic carbocycles. The second kappa shape index (κ2) is 8.28. The number of ether oxygens (including phenoxy) is 2. The summed E-state index contributed by atoms with van der Waals surface area (Å²) in [6, 6.07) is 5.72. The highest BCUT2D eigenvalue weighted by Crippen LogP contribution is 2.39. The van der Waals surface area contributed by atoms with Crippen LogP contribution in [0, 0.1) is 12.4 Å². The Labute approximate surface area is 167 Å². The molecule has 0 radical (unpaired) electrons. The van der Waals surface area contributed by atoms with E-state index < -0.39 is 29.2 Å². The van der Waals surface area contributed by atoms with Crippen LogP contribution in [0.2, 0.25) is 5.02 Å². The zero-order valence-corrected chi connectivity index (χ0v) is 15.5. The summed E-state index contributed by atoms with van der Waals surface area (Å²) in [5, 5.41) is 5.82. The Bertz CT molecular complexity index is 1150. The van der Waals surface area contributed by atoms with Crippen molar-refractivity contribution in [1.29, 1.82) is 0 Å². The number of nitrogens with one attached hydrogen (secondary N) is 1. The first-order valence-corrected chi connectivity index (χ1v) is 8.37. The Morgan fingerprint density at radius 1 is 1.34 bits per heavy atom. The largest absolute Gasteiger partial charge is 0.482 e. The van der Waals surface area contributed by atoms with Gasteiger partial charge in [-0.25, -0.2) is 23.5 Å². The summed E-state index contributed by atoms with van der Waals surface area (Å²) in [6.07, 6.45) is -2.84. The standard InChI is InChI=1S/C18H12ClF3N4O3/c1-23-10-5-9(17(21)22)6-11(7-10)29-16-12(19)3-4-13(15(16)20)28-8-14-24-25-18(27)26(14)2/h3-7,17H,8H2,2H3,(H,25,27). The molecule has 150 valence electrons. The van der Waals surface area contributed by atoms with E-state index in [4.69, 9.17) is 27.6 Å². The molecule has 3 rings (SSSR count). The topological polar surface area (TPSA) is 73.5 Å². The Hall–Kier alpha value is -3.45. The molecule has 0 saturated heterocycles. The third kappa shape index (κ3) is 4.35. The highest BCUT2D eigenvalue weighted by molar-refractivity contribution is 6.32. The summed E-state index contributed by atoms with van der Waals surface area (Å²) in [7, 11) is 1.46. The lowest BCUT2D eigenvalue weighted by atomic mass is 10.2. The van der Waals surface area contributed by atoms with Crippen LogP contribution in [0.5, 0.6) is 17.2 Å². The van der Waals surface area contributed by atoms with Crippen LogP contribution in [-0.4, -0.2) is 14.8 Å². The summed E-state index contributed by atoms with van der Waals surface area (Å²) in [5.41, 5.74) is -1.00. The first-order valence-electron chi connectivity index (χ1n) is 7.99. The molecule has 3 aromatic rings. The van der Waals surface area contributed by atoms with E-state index in [2.05, 4.69) is 15.0 Å². The smallest absolute Gasteiger partial charge is 0.343 e. The van der Waals surface area contributed by atoms with Crippen LogP contribution in [0.1, 0.15) is 17.8 Å². The SMILES string of the molecule is [C-]#[N+]c1cc(Oc2c(Cl)ccc(OCc3n[nH]c(=O)n3C)c2F)cc(C(F)F)c1. The Morgan fingerprint density at radius 2 is 2.10 bits per heavy atom. The van der Waals surface area contributed by atoms with E-state index in [1.807, 2.05) is 0 Å². The zero-order chi connectivity index (χ0) is 21.1. The van der Waals surface area contributed by atoms with E-state index in [1.165, 1.54) is 29.8 Å². The Kier molecular flexibility index (Phi) is 5.79. The van der Waals surface area contributed by atoms with Gasteiger partial charge in [-0.05, 0) is 30.3 Å². The normalized spacial score (nSPS) is 10.8. The molecule has 0 amide bonds. The number of alkyl halides is 2. The van der Waals surface area contributed by atoms with E-state index in [1.54, 1.807) is 0 Å². The summed E-state index contributed by atoms with van der Waals surface area (Å²) < 4.78 is 52.7. The fourth-order valence-electron chi connectivity index (χ4n) is 2.34. The van der Waals surface area contributed by atoms with Gasteiger partial charge < -0.3 is 9.47 Å². The quantitative estimate of drug-likeness (QED) is 0.579. The van der Waals surface area contributed by atoms with E-state index in [0.29, 0.717) is 0 Å². The lowest BCUT2D eigenvalue weighted by molar-refractivity contribution is 0.151. The molecule has 0 saturated carbocycles. The van der Waals surface area contributed by atoms with Gasteiger partial charge in [0.05, 0.1) is 11.6 Å². The van der Waals surface area contributed by atoms with E-state index in [-0.39, 0.29) is 34.6 Å². The molecule has 0 aliphatic rings. The summed E-state index contributed by atoms with van der Waals surface area (Å²) in [4.78, 5) is 14.5. The van der Waals surface area contributed by atoms with Crippen molar-refractivity contribution in [3.05, 3.63) is 74.5 Å². The molecule has 29 heavy (non-hydrogen) atoms. The van der Waals surface area contributed by atoms with Crippen LogP contribution in [0.4, 0.5) is 18.9 Å². The molecule has 0 fully saturated rings. The molecule has 1 N–H and O–H groups in total.